The first kappa shape index (κ1) is 11.8. The third-order valence-electron chi connectivity index (χ3n) is 4.45. The number of rotatable bonds is 3. The fourth-order valence-corrected chi connectivity index (χ4v) is 2.34. The molecule has 3 unspecified atom stereocenters. The van der Waals surface area contributed by atoms with Gasteiger partial charge in [-0.25, -0.2) is 0 Å². The van der Waals surface area contributed by atoms with Crippen molar-refractivity contribution in [1.29, 1.82) is 0 Å². The zero-order valence-electron chi connectivity index (χ0n) is 10.5. The van der Waals surface area contributed by atoms with Crippen molar-refractivity contribution in [3.05, 3.63) is 12.2 Å². The van der Waals surface area contributed by atoms with Crippen molar-refractivity contribution in [1.82, 2.24) is 0 Å². The molecule has 0 amide bonds. The first-order valence-electron chi connectivity index (χ1n) is 6.16. The second-order valence-electron chi connectivity index (χ2n) is 5.68. The highest BCUT2D eigenvalue weighted by Crippen LogP contribution is 2.47. The summed E-state index contributed by atoms with van der Waals surface area (Å²) in [5.74, 6) is 2.45. The van der Waals surface area contributed by atoms with Crippen LogP contribution in [0.3, 0.4) is 0 Å². The normalized spacial score (nSPS) is 33.8. The van der Waals surface area contributed by atoms with Gasteiger partial charge in [0.2, 0.25) is 0 Å². The summed E-state index contributed by atoms with van der Waals surface area (Å²) < 4.78 is 0. The van der Waals surface area contributed by atoms with Gasteiger partial charge >= 0.3 is 0 Å². The molecule has 1 aliphatic carbocycles. The van der Waals surface area contributed by atoms with E-state index in [1.165, 1.54) is 19.3 Å². The van der Waals surface area contributed by atoms with Gasteiger partial charge in [-0.1, -0.05) is 53.2 Å². The Morgan fingerprint density at radius 1 is 1.36 bits per heavy atom. The smallest absolute Gasteiger partial charge is 0.0179 e. The van der Waals surface area contributed by atoms with Gasteiger partial charge in [0.05, 0.1) is 0 Å². The molecule has 14 heavy (non-hydrogen) atoms. The zero-order chi connectivity index (χ0) is 10.8. The molecule has 1 fully saturated rings. The third kappa shape index (κ3) is 2.40. The summed E-state index contributed by atoms with van der Waals surface area (Å²) >= 11 is 0. The van der Waals surface area contributed by atoms with Crippen LogP contribution in [0.2, 0.25) is 0 Å². The molecule has 1 rings (SSSR count). The molecule has 0 aromatic carbocycles. The summed E-state index contributed by atoms with van der Waals surface area (Å²) in [5.41, 5.74) is 0.518. The van der Waals surface area contributed by atoms with Crippen LogP contribution in [0.15, 0.2) is 12.2 Å². The van der Waals surface area contributed by atoms with Gasteiger partial charge in [-0.2, -0.15) is 0 Å². The molecule has 3 atom stereocenters. The van der Waals surface area contributed by atoms with E-state index in [1.807, 2.05) is 0 Å². The molecule has 1 saturated carbocycles. The van der Waals surface area contributed by atoms with Crippen LogP contribution in [0.5, 0.6) is 0 Å². The molecule has 0 aliphatic heterocycles. The number of allylic oxidation sites excluding steroid dienone is 2. The predicted molar refractivity (Wildman–Crippen MR) is 64.3 cm³/mol. The lowest BCUT2D eigenvalue weighted by atomic mass is 9.76. The van der Waals surface area contributed by atoms with Crippen LogP contribution in [0.25, 0.3) is 0 Å². The van der Waals surface area contributed by atoms with Crippen LogP contribution in [-0.4, -0.2) is 0 Å². The molecule has 82 valence electrons. The molecule has 0 aromatic heterocycles. The molecule has 0 spiro atoms. The first-order chi connectivity index (χ1) is 6.48. The van der Waals surface area contributed by atoms with Crippen molar-refractivity contribution < 1.29 is 0 Å². The van der Waals surface area contributed by atoms with Gasteiger partial charge in [-0.3, -0.25) is 0 Å². The van der Waals surface area contributed by atoms with Gasteiger partial charge in [0, 0.05) is 0 Å². The average Bonchev–Trinajstić information content (AvgIpc) is 2.39. The maximum Gasteiger partial charge on any atom is -0.0179 e. The summed E-state index contributed by atoms with van der Waals surface area (Å²) in [6.07, 6.45) is 8.96. The van der Waals surface area contributed by atoms with E-state index in [0.29, 0.717) is 5.41 Å². The lowest BCUT2D eigenvalue weighted by Gasteiger charge is -2.29. The van der Waals surface area contributed by atoms with Crippen molar-refractivity contribution >= 4 is 0 Å². The van der Waals surface area contributed by atoms with Crippen molar-refractivity contribution in [2.45, 2.75) is 53.9 Å². The zero-order valence-corrected chi connectivity index (χ0v) is 10.5. The van der Waals surface area contributed by atoms with Crippen LogP contribution in [0.4, 0.5) is 0 Å². The van der Waals surface area contributed by atoms with Crippen LogP contribution >= 0.6 is 0 Å². The van der Waals surface area contributed by atoms with E-state index < -0.39 is 0 Å². The maximum absolute atomic E-state index is 2.48. The van der Waals surface area contributed by atoms with E-state index in [-0.39, 0.29) is 0 Å². The summed E-state index contributed by atoms with van der Waals surface area (Å²) in [4.78, 5) is 0. The van der Waals surface area contributed by atoms with Gasteiger partial charge < -0.3 is 0 Å². The SMILES string of the molecule is CCC(C)C=CC1CCC(C)C1(C)C. The van der Waals surface area contributed by atoms with Crippen molar-refractivity contribution in [2.24, 2.45) is 23.2 Å². The summed E-state index contributed by atoms with van der Waals surface area (Å²) in [7, 11) is 0. The Labute approximate surface area is 89.8 Å². The highest BCUT2D eigenvalue weighted by atomic mass is 14.4. The van der Waals surface area contributed by atoms with E-state index in [1.54, 1.807) is 0 Å². The van der Waals surface area contributed by atoms with E-state index >= 15 is 0 Å². The molecular formula is C14H26. The number of hydrogen-bond donors (Lipinski definition) is 0. The van der Waals surface area contributed by atoms with Crippen LogP contribution in [0.1, 0.15) is 53.9 Å². The molecular weight excluding hydrogens is 168 g/mol. The summed E-state index contributed by atoms with van der Waals surface area (Å²) in [6.45, 7) is 11.8. The van der Waals surface area contributed by atoms with E-state index in [9.17, 15) is 0 Å². The topological polar surface area (TPSA) is 0 Å². The highest BCUT2D eigenvalue weighted by Gasteiger charge is 2.38. The van der Waals surface area contributed by atoms with Crippen molar-refractivity contribution in [2.75, 3.05) is 0 Å². The molecule has 0 heterocycles. The standard InChI is InChI=1S/C14H26/c1-6-11(2)7-9-13-10-8-12(3)14(13,4)5/h7,9,11-13H,6,8,10H2,1-5H3. The minimum Gasteiger partial charge on any atom is -0.0854 e. The second-order valence-corrected chi connectivity index (χ2v) is 5.68. The molecule has 0 N–H and O–H groups in total. The first-order valence-corrected chi connectivity index (χ1v) is 6.16. The highest BCUT2D eigenvalue weighted by molar-refractivity contribution is 5.02. The van der Waals surface area contributed by atoms with Gasteiger partial charge in [0.25, 0.3) is 0 Å². The minimum absolute atomic E-state index is 0.518. The van der Waals surface area contributed by atoms with Crippen molar-refractivity contribution in [3.8, 4) is 0 Å². The Morgan fingerprint density at radius 3 is 2.43 bits per heavy atom. The quantitative estimate of drug-likeness (QED) is 0.573. The Balaban J connectivity index is 2.58. The lowest BCUT2D eigenvalue weighted by molar-refractivity contribution is 0.231. The van der Waals surface area contributed by atoms with E-state index in [2.05, 4.69) is 46.8 Å². The molecule has 0 heteroatoms. The second kappa shape index (κ2) is 4.51. The summed E-state index contributed by atoms with van der Waals surface area (Å²) in [5, 5.41) is 0. The molecule has 0 bridgehead atoms. The summed E-state index contributed by atoms with van der Waals surface area (Å²) in [6, 6.07) is 0. The van der Waals surface area contributed by atoms with Gasteiger partial charge in [0.1, 0.15) is 0 Å². The minimum atomic E-state index is 0.518. The van der Waals surface area contributed by atoms with Gasteiger partial charge in [0.15, 0.2) is 0 Å². The Kier molecular flexibility index (Phi) is 3.80. The monoisotopic (exact) mass is 194 g/mol. The molecule has 1 aliphatic rings. The van der Waals surface area contributed by atoms with Crippen LogP contribution < -0.4 is 0 Å². The lowest BCUT2D eigenvalue weighted by Crippen LogP contribution is -2.21. The van der Waals surface area contributed by atoms with Crippen LogP contribution in [-0.2, 0) is 0 Å². The fourth-order valence-electron chi connectivity index (χ4n) is 2.34. The Bertz CT molecular complexity index is 200. The Hall–Kier alpha value is -0.260. The maximum atomic E-state index is 2.48. The number of hydrogen-bond acceptors (Lipinski definition) is 0. The van der Waals surface area contributed by atoms with Crippen LogP contribution in [0, 0.1) is 23.2 Å². The van der Waals surface area contributed by atoms with Gasteiger partial charge in [-0.05, 0) is 36.0 Å². The van der Waals surface area contributed by atoms with E-state index in [4.69, 9.17) is 0 Å². The van der Waals surface area contributed by atoms with E-state index in [0.717, 1.165) is 17.8 Å². The molecule has 0 aromatic rings. The Morgan fingerprint density at radius 2 is 2.00 bits per heavy atom. The largest absolute Gasteiger partial charge is 0.0854 e. The fraction of sp³-hybridized carbons (Fsp3) is 0.857. The molecule has 0 saturated heterocycles. The van der Waals surface area contributed by atoms with Gasteiger partial charge in [-0.15, -0.1) is 0 Å². The average molecular weight is 194 g/mol. The predicted octanol–water partition coefficient (Wildman–Crippen LogP) is 4.66. The van der Waals surface area contributed by atoms with Crippen molar-refractivity contribution in [3.63, 3.8) is 0 Å². The third-order valence-corrected chi connectivity index (χ3v) is 4.45. The molecule has 0 radical (unpaired) electrons. The molecule has 0 nitrogen and oxygen atoms in total.